The summed E-state index contributed by atoms with van der Waals surface area (Å²) in [6.45, 7) is 0. The number of benzene rings is 1. The standard InChI is InChI=1S/C12H15ClO/c13-12-4-2-1-3-10(12)8-11(14)7-9-5-6-9/h1-4,9,11,14H,5-8H2. The van der Waals surface area contributed by atoms with Crippen molar-refractivity contribution in [1.82, 2.24) is 0 Å². The van der Waals surface area contributed by atoms with E-state index in [1.807, 2.05) is 24.3 Å². The summed E-state index contributed by atoms with van der Waals surface area (Å²) >= 11 is 6.01. The topological polar surface area (TPSA) is 20.2 Å². The first-order valence-corrected chi connectivity index (χ1v) is 5.55. The Morgan fingerprint density at radius 1 is 1.36 bits per heavy atom. The van der Waals surface area contributed by atoms with E-state index in [4.69, 9.17) is 11.6 Å². The molecular weight excluding hydrogens is 196 g/mol. The average molecular weight is 211 g/mol. The van der Waals surface area contributed by atoms with Crippen molar-refractivity contribution in [3.63, 3.8) is 0 Å². The van der Waals surface area contributed by atoms with E-state index < -0.39 is 0 Å². The van der Waals surface area contributed by atoms with Crippen molar-refractivity contribution in [3.05, 3.63) is 34.9 Å². The van der Waals surface area contributed by atoms with E-state index in [1.54, 1.807) is 0 Å². The van der Waals surface area contributed by atoms with Crippen LogP contribution in [0.1, 0.15) is 24.8 Å². The number of halogens is 1. The molecule has 0 bridgehead atoms. The zero-order valence-corrected chi connectivity index (χ0v) is 8.87. The highest BCUT2D eigenvalue weighted by atomic mass is 35.5. The van der Waals surface area contributed by atoms with Crippen LogP contribution in [0.5, 0.6) is 0 Å². The molecule has 0 aliphatic heterocycles. The predicted octanol–water partition coefficient (Wildman–Crippen LogP) is 3.04. The lowest BCUT2D eigenvalue weighted by Crippen LogP contribution is -2.11. The van der Waals surface area contributed by atoms with E-state index in [2.05, 4.69) is 0 Å². The molecular formula is C12H15ClO. The van der Waals surface area contributed by atoms with Crippen LogP contribution < -0.4 is 0 Å². The summed E-state index contributed by atoms with van der Waals surface area (Å²) in [6.07, 6.45) is 3.99. The average Bonchev–Trinajstić information content (AvgIpc) is 2.93. The lowest BCUT2D eigenvalue weighted by atomic mass is 10.0. The van der Waals surface area contributed by atoms with Crippen LogP contribution >= 0.6 is 11.6 Å². The second-order valence-corrected chi connectivity index (χ2v) is 4.54. The van der Waals surface area contributed by atoms with E-state index in [-0.39, 0.29) is 6.10 Å². The second kappa shape index (κ2) is 4.33. The Balaban J connectivity index is 1.91. The number of rotatable bonds is 4. The Hall–Kier alpha value is -0.530. The molecule has 0 aromatic heterocycles. The van der Waals surface area contributed by atoms with Gasteiger partial charge in [0.05, 0.1) is 6.10 Å². The van der Waals surface area contributed by atoms with Crippen molar-refractivity contribution in [2.45, 2.75) is 31.8 Å². The quantitative estimate of drug-likeness (QED) is 0.810. The molecule has 1 fully saturated rings. The second-order valence-electron chi connectivity index (χ2n) is 4.13. The maximum Gasteiger partial charge on any atom is 0.0583 e. The highest BCUT2D eigenvalue weighted by Crippen LogP contribution is 2.34. The molecule has 1 aromatic rings. The molecule has 1 saturated carbocycles. The van der Waals surface area contributed by atoms with Gasteiger partial charge in [-0.2, -0.15) is 0 Å². The van der Waals surface area contributed by atoms with Crippen LogP contribution in [0.2, 0.25) is 5.02 Å². The Labute approximate surface area is 89.7 Å². The van der Waals surface area contributed by atoms with Gasteiger partial charge in [-0.3, -0.25) is 0 Å². The zero-order valence-electron chi connectivity index (χ0n) is 8.12. The van der Waals surface area contributed by atoms with Crippen molar-refractivity contribution in [2.75, 3.05) is 0 Å². The van der Waals surface area contributed by atoms with Crippen LogP contribution in [0.3, 0.4) is 0 Å². The molecule has 0 amide bonds. The normalized spacial score (nSPS) is 18.1. The van der Waals surface area contributed by atoms with Crippen LogP contribution in [-0.4, -0.2) is 11.2 Å². The molecule has 1 atom stereocenters. The van der Waals surface area contributed by atoms with Crippen molar-refractivity contribution in [3.8, 4) is 0 Å². The summed E-state index contributed by atoms with van der Waals surface area (Å²) < 4.78 is 0. The molecule has 1 aliphatic rings. The van der Waals surface area contributed by atoms with Gasteiger partial charge in [0.15, 0.2) is 0 Å². The Morgan fingerprint density at radius 3 is 2.71 bits per heavy atom. The minimum atomic E-state index is -0.220. The largest absolute Gasteiger partial charge is 0.393 e. The summed E-state index contributed by atoms with van der Waals surface area (Å²) in [5.41, 5.74) is 1.06. The molecule has 0 spiro atoms. The van der Waals surface area contributed by atoms with Gasteiger partial charge in [-0.15, -0.1) is 0 Å². The molecule has 1 aromatic carbocycles. The Kier molecular flexibility index (Phi) is 3.09. The van der Waals surface area contributed by atoms with Crippen molar-refractivity contribution in [2.24, 2.45) is 5.92 Å². The van der Waals surface area contributed by atoms with Gasteiger partial charge in [0.2, 0.25) is 0 Å². The van der Waals surface area contributed by atoms with Gasteiger partial charge < -0.3 is 5.11 Å². The first-order valence-electron chi connectivity index (χ1n) is 5.17. The molecule has 0 radical (unpaired) electrons. The Morgan fingerprint density at radius 2 is 2.07 bits per heavy atom. The molecule has 1 nitrogen and oxygen atoms in total. The molecule has 2 rings (SSSR count). The fraction of sp³-hybridized carbons (Fsp3) is 0.500. The third-order valence-electron chi connectivity index (χ3n) is 2.72. The summed E-state index contributed by atoms with van der Waals surface area (Å²) in [5, 5.41) is 10.5. The fourth-order valence-electron chi connectivity index (χ4n) is 1.74. The molecule has 14 heavy (non-hydrogen) atoms. The molecule has 1 N–H and O–H groups in total. The van der Waals surface area contributed by atoms with E-state index in [0.29, 0.717) is 6.42 Å². The van der Waals surface area contributed by atoms with Gasteiger partial charge in [-0.05, 0) is 30.4 Å². The van der Waals surface area contributed by atoms with Gasteiger partial charge in [0.1, 0.15) is 0 Å². The first kappa shape index (κ1) is 10.0. The van der Waals surface area contributed by atoms with E-state index >= 15 is 0 Å². The van der Waals surface area contributed by atoms with Crippen LogP contribution in [0, 0.1) is 5.92 Å². The van der Waals surface area contributed by atoms with Gasteiger partial charge >= 0.3 is 0 Å². The Bertz CT molecular complexity index is 307. The lowest BCUT2D eigenvalue weighted by Gasteiger charge is -2.10. The maximum atomic E-state index is 9.78. The van der Waals surface area contributed by atoms with Gasteiger partial charge in [-0.25, -0.2) is 0 Å². The third kappa shape index (κ3) is 2.73. The highest BCUT2D eigenvalue weighted by molar-refractivity contribution is 6.31. The summed E-state index contributed by atoms with van der Waals surface area (Å²) in [5.74, 6) is 0.771. The molecule has 0 saturated heterocycles. The summed E-state index contributed by atoms with van der Waals surface area (Å²) in [4.78, 5) is 0. The van der Waals surface area contributed by atoms with Crippen LogP contribution in [0.15, 0.2) is 24.3 Å². The SMILES string of the molecule is OC(Cc1ccccc1Cl)CC1CC1. The zero-order chi connectivity index (χ0) is 9.97. The van der Waals surface area contributed by atoms with Crippen molar-refractivity contribution >= 4 is 11.6 Å². The van der Waals surface area contributed by atoms with Gasteiger partial charge in [-0.1, -0.05) is 42.6 Å². The molecule has 0 heterocycles. The van der Waals surface area contributed by atoms with Crippen molar-refractivity contribution < 1.29 is 5.11 Å². The van der Waals surface area contributed by atoms with Gasteiger partial charge in [0, 0.05) is 5.02 Å². The van der Waals surface area contributed by atoms with E-state index in [1.165, 1.54) is 12.8 Å². The summed E-state index contributed by atoms with van der Waals surface area (Å²) in [6, 6.07) is 7.74. The maximum absolute atomic E-state index is 9.78. The molecule has 76 valence electrons. The number of hydrogen-bond acceptors (Lipinski definition) is 1. The van der Waals surface area contributed by atoms with Crippen LogP contribution in [-0.2, 0) is 6.42 Å². The number of aliphatic hydroxyl groups excluding tert-OH is 1. The van der Waals surface area contributed by atoms with Gasteiger partial charge in [0.25, 0.3) is 0 Å². The van der Waals surface area contributed by atoms with Crippen LogP contribution in [0.4, 0.5) is 0 Å². The smallest absolute Gasteiger partial charge is 0.0583 e. The minimum absolute atomic E-state index is 0.220. The van der Waals surface area contributed by atoms with Crippen LogP contribution in [0.25, 0.3) is 0 Å². The number of hydrogen-bond donors (Lipinski definition) is 1. The minimum Gasteiger partial charge on any atom is -0.393 e. The summed E-state index contributed by atoms with van der Waals surface area (Å²) in [7, 11) is 0. The number of aliphatic hydroxyl groups is 1. The molecule has 1 unspecified atom stereocenters. The fourth-order valence-corrected chi connectivity index (χ4v) is 1.95. The van der Waals surface area contributed by atoms with Crippen molar-refractivity contribution in [1.29, 1.82) is 0 Å². The molecule has 2 heteroatoms. The monoisotopic (exact) mass is 210 g/mol. The van der Waals surface area contributed by atoms with E-state index in [9.17, 15) is 5.11 Å². The lowest BCUT2D eigenvalue weighted by molar-refractivity contribution is 0.158. The molecule has 1 aliphatic carbocycles. The third-order valence-corrected chi connectivity index (χ3v) is 3.08. The predicted molar refractivity (Wildman–Crippen MR) is 58.5 cm³/mol. The van der Waals surface area contributed by atoms with E-state index in [0.717, 1.165) is 22.9 Å². The first-order chi connectivity index (χ1) is 6.75. The highest BCUT2D eigenvalue weighted by Gasteiger charge is 2.24.